The summed E-state index contributed by atoms with van der Waals surface area (Å²) in [4.78, 5) is 25.8. The molecule has 0 radical (unpaired) electrons. The van der Waals surface area contributed by atoms with Gasteiger partial charge in [0.2, 0.25) is 0 Å². The van der Waals surface area contributed by atoms with Gasteiger partial charge in [0.15, 0.2) is 0 Å². The number of benzene rings is 4. The Morgan fingerprint density at radius 1 is 0.612 bits per heavy atom. The van der Waals surface area contributed by atoms with Crippen molar-refractivity contribution < 1.29 is 46.1 Å². The second kappa shape index (κ2) is 12.4. The number of hydrogen-bond donors (Lipinski definition) is 7. The number of hydrogen-bond acceptors (Lipinski definition) is 8. The molecule has 1 aromatic heterocycles. The standard InChI is InChI=1S/C32H25F6N7O4/c33-31(34,35)23-11-17(3-5-19(23)29(46)47)44(41)13-25(39)15-1-7-27-21(9-15)22-10-16(2-8-28(22)43-27)26(40)14-45(42)18-4-6-20(30(48)49)24(12-18)32(36,37)38/h1-14,43H,39-42H2,(H,46,47)(H,48,49)/b25-13-,26-14-. The van der Waals surface area contributed by atoms with Gasteiger partial charge in [0.05, 0.1) is 45.0 Å². The fourth-order valence-electron chi connectivity index (χ4n) is 5.08. The van der Waals surface area contributed by atoms with E-state index >= 15 is 0 Å². The number of halogens is 6. The van der Waals surface area contributed by atoms with Crippen LogP contribution in [-0.4, -0.2) is 27.1 Å². The Hall–Kier alpha value is -6.20. The van der Waals surface area contributed by atoms with Gasteiger partial charge in [0.1, 0.15) is 0 Å². The maximum Gasteiger partial charge on any atom is 0.417 e. The lowest BCUT2D eigenvalue weighted by molar-refractivity contribution is -0.138. The molecule has 17 heteroatoms. The van der Waals surface area contributed by atoms with Crippen molar-refractivity contribution >= 4 is 56.5 Å². The molecule has 11 N–H and O–H groups in total. The van der Waals surface area contributed by atoms with Gasteiger partial charge >= 0.3 is 24.3 Å². The molecule has 0 aliphatic heterocycles. The predicted molar refractivity (Wildman–Crippen MR) is 170 cm³/mol. The Morgan fingerprint density at radius 3 is 1.31 bits per heavy atom. The van der Waals surface area contributed by atoms with Gasteiger partial charge in [0.25, 0.3) is 0 Å². The number of nitrogens with zero attached hydrogens (tertiary/aromatic N) is 2. The highest BCUT2D eigenvalue weighted by Crippen LogP contribution is 2.36. The molecule has 0 saturated heterocycles. The SMILES string of the molecule is N/C(=C\N(N)c1ccc(C(=O)O)c(C(F)(F)F)c1)c1ccc2[nH]c3ccc(/C(N)=C/N(N)c4ccc(C(=O)O)c(C(F)(F)F)c4)cc3c2c1. The number of aromatic nitrogens is 1. The number of carbonyl (C=O) groups is 2. The number of aromatic carboxylic acids is 2. The van der Waals surface area contributed by atoms with Gasteiger partial charge in [0, 0.05) is 34.2 Å². The Balaban J connectivity index is 1.47. The van der Waals surface area contributed by atoms with Crippen molar-refractivity contribution in [1.29, 1.82) is 0 Å². The molecular formula is C32H25F6N7O4. The number of rotatable bonds is 8. The molecular weight excluding hydrogens is 660 g/mol. The zero-order valence-corrected chi connectivity index (χ0v) is 24.8. The zero-order chi connectivity index (χ0) is 36.0. The van der Waals surface area contributed by atoms with E-state index in [0.29, 0.717) is 45.1 Å². The average molecular weight is 686 g/mol. The summed E-state index contributed by atoms with van der Waals surface area (Å²) in [6.07, 6.45) is -7.57. The molecule has 49 heavy (non-hydrogen) atoms. The van der Waals surface area contributed by atoms with Gasteiger partial charge in [-0.25, -0.2) is 21.3 Å². The third-order valence-electron chi connectivity index (χ3n) is 7.50. The Labute approximate surface area is 271 Å². The van der Waals surface area contributed by atoms with E-state index in [1.165, 1.54) is 12.4 Å². The molecule has 0 spiro atoms. The van der Waals surface area contributed by atoms with Gasteiger partial charge in [-0.3, -0.25) is 10.0 Å². The molecule has 4 aromatic carbocycles. The Morgan fingerprint density at radius 2 is 0.980 bits per heavy atom. The molecule has 0 fully saturated rings. The molecule has 0 saturated carbocycles. The van der Waals surface area contributed by atoms with Crippen LogP contribution in [0.2, 0.25) is 0 Å². The van der Waals surface area contributed by atoms with Crippen molar-refractivity contribution in [3.63, 3.8) is 0 Å². The summed E-state index contributed by atoms with van der Waals surface area (Å²) < 4.78 is 81.0. The van der Waals surface area contributed by atoms with E-state index < -0.39 is 46.5 Å². The molecule has 0 amide bonds. The molecule has 0 atom stereocenters. The van der Waals surface area contributed by atoms with E-state index in [9.17, 15) is 35.9 Å². The van der Waals surface area contributed by atoms with Gasteiger partial charge in [-0.1, -0.05) is 12.1 Å². The number of anilines is 2. The van der Waals surface area contributed by atoms with Gasteiger partial charge in [-0.05, 0) is 71.8 Å². The second-order valence-electron chi connectivity index (χ2n) is 10.7. The molecule has 0 aliphatic carbocycles. The molecule has 5 aromatic rings. The van der Waals surface area contributed by atoms with Crippen LogP contribution in [0, 0.1) is 0 Å². The lowest BCUT2D eigenvalue weighted by Gasteiger charge is -2.18. The normalized spacial score (nSPS) is 12.8. The van der Waals surface area contributed by atoms with Gasteiger partial charge in [-0.2, -0.15) is 26.3 Å². The number of nitrogens with one attached hydrogen (secondary N) is 1. The van der Waals surface area contributed by atoms with Crippen LogP contribution in [-0.2, 0) is 12.4 Å². The largest absolute Gasteiger partial charge is 0.478 e. The van der Waals surface area contributed by atoms with Crippen LogP contribution in [0.1, 0.15) is 43.0 Å². The van der Waals surface area contributed by atoms with E-state index in [2.05, 4.69) is 4.98 Å². The summed E-state index contributed by atoms with van der Waals surface area (Å²) in [5.74, 6) is 8.45. The highest BCUT2D eigenvalue weighted by molar-refractivity contribution is 6.09. The van der Waals surface area contributed by atoms with Crippen LogP contribution in [0.25, 0.3) is 33.2 Å². The van der Waals surface area contributed by atoms with Crippen LogP contribution >= 0.6 is 0 Å². The maximum atomic E-state index is 13.5. The molecule has 5 rings (SSSR count). The first-order valence-corrected chi connectivity index (χ1v) is 13.8. The molecule has 0 aliphatic rings. The summed E-state index contributed by atoms with van der Waals surface area (Å²) in [7, 11) is 0. The number of H-pyrrole nitrogens is 1. The summed E-state index contributed by atoms with van der Waals surface area (Å²) in [5, 5.41) is 21.2. The fraction of sp³-hybridized carbons (Fsp3) is 0.0625. The summed E-state index contributed by atoms with van der Waals surface area (Å²) in [6, 6.07) is 15.0. The van der Waals surface area contributed by atoms with Gasteiger partial charge < -0.3 is 26.7 Å². The van der Waals surface area contributed by atoms with Crippen molar-refractivity contribution in [3.05, 3.63) is 119 Å². The number of aromatic amines is 1. The minimum Gasteiger partial charge on any atom is -0.478 e. The topological polar surface area (TPSA) is 201 Å². The van der Waals surface area contributed by atoms with Crippen molar-refractivity contribution in [2.24, 2.45) is 23.2 Å². The minimum atomic E-state index is -4.95. The smallest absolute Gasteiger partial charge is 0.417 e. The van der Waals surface area contributed by atoms with Crippen molar-refractivity contribution in [2.45, 2.75) is 12.4 Å². The number of nitrogens with two attached hydrogens (primary N) is 4. The van der Waals surface area contributed by atoms with Crippen molar-refractivity contribution in [2.75, 3.05) is 10.0 Å². The van der Waals surface area contributed by atoms with E-state index in [-0.39, 0.29) is 22.8 Å². The van der Waals surface area contributed by atoms with Crippen LogP contribution in [0.3, 0.4) is 0 Å². The number of carboxylic acid groups (broad SMARTS) is 2. The molecule has 0 unspecified atom stereocenters. The zero-order valence-electron chi connectivity index (χ0n) is 24.8. The lowest BCUT2D eigenvalue weighted by Crippen LogP contribution is -2.26. The Bertz CT molecular complexity index is 2040. The molecule has 1 heterocycles. The van der Waals surface area contributed by atoms with Crippen LogP contribution < -0.4 is 33.2 Å². The first-order chi connectivity index (χ1) is 22.8. The predicted octanol–water partition coefficient (Wildman–Crippen LogP) is 6.03. The number of carboxylic acids is 2. The third kappa shape index (κ3) is 6.92. The molecule has 11 nitrogen and oxygen atoms in total. The quantitative estimate of drug-likeness (QED) is 0.0575. The van der Waals surface area contributed by atoms with Crippen molar-refractivity contribution in [3.8, 4) is 0 Å². The van der Waals surface area contributed by atoms with Crippen LogP contribution in [0.15, 0.2) is 85.2 Å². The highest BCUT2D eigenvalue weighted by Gasteiger charge is 2.37. The summed E-state index contributed by atoms with van der Waals surface area (Å²) in [6.45, 7) is 0. The van der Waals surface area contributed by atoms with Crippen LogP contribution in [0.4, 0.5) is 37.7 Å². The number of hydrazine groups is 2. The van der Waals surface area contributed by atoms with Crippen molar-refractivity contribution in [1.82, 2.24) is 4.98 Å². The van der Waals surface area contributed by atoms with E-state index in [1.807, 2.05) is 0 Å². The first-order valence-electron chi connectivity index (χ1n) is 13.8. The molecule has 254 valence electrons. The fourth-order valence-corrected chi connectivity index (χ4v) is 5.08. The average Bonchev–Trinajstić information content (AvgIpc) is 3.40. The van der Waals surface area contributed by atoms with Crippen LogP contribution in [0.5, 0.6) is 0 Å². The Kier molecular flexibility index (Phi) is 8.67. The van der Waals surface area contributed by atoms with E-state index in [0.717, 1.165) is 34.3 Å². The third-order valence-corrected chi connectivity index (χ3v) is 7.50. The number of alkyl halides is 6. The first kappa shape index (κ1) is 34.1. The summed E-state index contributed by atoms with van der Waals surface area (Å²) in [5.41, 5.74) is 9.80. The van der Waals surface area contributed by atoms with E-state index in [1.54, 1.807) is 36.4 Å². The number of fused-ring (bicyclic) bond motifs is 3. The monoisotopic (exact) mass is 685 g/mol. The lowest BCUT2D eigenvalue weighted by atomic mass is 10.0. The summed E-state index contributed by atoms with van der Waals surface area (Å²) >= 11 is 0. The van der Waals surface area contributed by atoms with E-state index in [4.69, 9.17) is 33.4 Å². The highest BCUT2D eigenvalue weighted by atomic mass is 19.4. The minimum absolute atomic E-state index is 0.0519. The maximum absolute atomic E-state index is 13.5. The second-order valence-corrected chi connectivity index (χ2v) is 10.7. The molecule has 0 bridgehead atoms. The van der Waals surface area contributed by atoms with Gasteiger partial charge in [-0.15, -0.1) is 0 Å².